The lowest BCUT2D eigenvalue weighted by Crippen LogP contribution is -2.33. The van der Waals surface area contributed by atoms with Gasteiger partial charge < -0.3 is 36.0 Å². The quantitative estimate of drug-likeness (QED) is 0.313. The number of hydrogen-bond acceptors (Lipinski definition) is 9. The van der Waals surface area contributed by atoms with Gasteiger partial charge in [0.25, 0.3) is 0 Å². The summed E-state index contributed by atoms with van der Waals surface area (Å²) in [5.41, 5.74) is 5.24. The first-order valence-corrected chi connectivity index (χ1v) is 7.16. The molecule has 0 radical (unpaired) electrons. The molecule has 1 fully saturated rings. The molecule has 0 aliphatic carbocycles. The highest BCUT2D eigenvalue weighted by Crippen LogP contribution is 2.28. The average molecular weight is 331 g/mol. The van der Waals surface area contributed by atoms with Crippen LogP contribution in [0.4, 0.5) is 5.82 Å². The van der Waals surface area contributed by atoms with Crippen molar-refractivity contribution in [3.8, 4) is 0 Å². The maximum Gasteiger partial charge on any atom is 0.351 e. The molecule has 7 N–H and O–H groups in total. The zero-order chi connectivity index (χ0) is 17.1. The fraction of sp³-hybridized carbons (Fsp3) is 0.692. The molecule has 0 aromatic carbocycles. The van der Waals surface area contributed by atoms with E-state index in [-0.39, 0.29) is 30.8 Å². The Labute approximate surface area is 131 Å². The first-order chi connectivity index (χ1) is 10.9. The number of nitrogens with two attached hydrogens (primary N) is 1. The number of hydrogen-bond donors (Lipinski definition) is 6. The molecule has 2 rings (SSSR count). The molecule has 23 heavy (non-hydrogen) atoms. The molecule has 2 heterocycles. The Morgan fingerprint density at radius 1 is 1.39 bits per heavy atom. The van der Waals surface area contributed by atoms with Crippen LogP contribution in [0.3, 0.4) is 0 Å². The van der Waals surface area contributed by atoms with Gasteiger partial charge in [-0.2, -0.15) is 4.98 Å². The summed E-state index contributed by atoms with van der Waals surface area (Å²) in [7, 11) is 0. The van der Waals surface area contributed by atoms with Crippen LogP contribution >= 0.6 is 0 Å². The summed E-state index contributed by atoms with van der Waals surface area (Å²) in [4.78, 5) is 15.6. The van der Waals surface area contributed by atoms with Gasteiger partial charge in [0.2, 0.25) is 0 Å². The first-order valence-electron chi connectivity index (χ1n) is 7.16. The molecule has 0 amide bonds. The predicted octanol–water partition coefficient (Wildman–Crippen LogP) is -3.28. The van der Waals surface area contributed by atoms with Crippen molar-refractivity contribution in [3.05, 3.63) is 22.2 Å². The number of nitrogens with zero attached hydrogens (tertiary/aromatic N) is 2. The van der Waals surface area contributed by atoms with Gasteiger partial charge in [0, 0.05) is 24.6 Å². The highest BCUT2D eigenvalue weighted by atomic mass is 16.5. The molecule has 1 aliphatic heterocycles. The molecule has 5 atom stereocenters. The van der Waals surface area contributed by atoms with E-state index in [1.165, 1.54) is 6.20 Å². The lowest BCUT2D eigenvalue weighted by atomic mass is 10.1. The molecule has 1 aromatic heterocycles. The van der Waals surface area contributed by atoms with Gasteiger partial charge in [-0.05, 0) is 0 Å². The van der Waals surface area contributed by atoms with Crippen molar-refractivity contribution >= 4 is 5.82 Å². The smallest absolute Gasteiger partial charge is 0.351 e. The van der Waals surface area contributed by atoms with E-state index >= 15 is 0 Å². The minimum Gasteiger partial charge on any atom is -0.394 e. The van der Waals surface area contributed by atoms with Crippen LogP contribution in [-0.4, -0.2) is 72.7 Å². The fourth-order valence-electron chi connectivity index (χ4n) is 2.42. The third kappa shape index (κ3) is 3.86. The Morgan fingerprint density at radius 2 is 2.09 bits per heavy atom. The number of ether oxygens (including phenoxy) is 1. The van der Waals surface area contributed by atoms with Crippen LogP contribution in [-0.2, 0) is 11.2 Å². The van der Waals surface area contributed by atoms with Gasteiger partial charge in [0.05, 0.1) is 25.4 Å². The molecule has 1 aromatic rings. The summed E-state index contributed by atoms with van der Waals surface area (Å²) in [6, 6.07) is 0. The monoisotopic (exact) mass is 331 g/mol. The molecule has 130 valence electrons. The van der Waals surface area contributed by atoms with Crippen LogP contribution in [0.2, 0.25) is 0 Å². The van der Waals surface area contributed by atoms with E-state index < -0.39 is 42.9 Å². The second-order valence-electron chi connectivity index (χ2n) is 5.48. The van der Waals surface area contributed by atoms with E-state index in [9.17, 15) is 20.1 Å². The SMILES string of the molecule is Nc1nc(=O)n(C2CC(O)C(CO)O2)cc1C[C@@H](O)[C@@H](O)CO. The average Bonchev–Trinajstić information content (AvgIpc) is 2.89. The lowest BCUT2D eigenvalue weighted by molar-refractivity contribution is -0.0460. The highest BCUT2D eigenvalue weighted by molar-refractivity contribution is 5.37. The topological polar surface area (TPSA) is 171 Å². The normalized spacial score (nSPS) is 27.1. The van der Waals surface area contributed by atoms with Crippen molar-refractivity contribution in [2.45, 2.75) is 43.5 Å². The van der Waals surface area contributed by atoms with Crippen LogP contribution in [0.1, 0.15) is 18.2 Å². The summed E-state index contributed by atoms with van der Waals surface area (Å²) >= 11 is 0. The van der Waals surface area contributed by atoms with Crippen LogP contribution in [0, 0.1) is 0 Å². The van der Waals surface area contributed by atoms with Gasteiger partial charge in [-0.25, -0.2) is 4.79 Å². The Kier molecular flexibility index (Phi) is 5.68. The molecule has 0 saturated carbocycles. The maximum atomic E-state index is 12.0. The lowest BCUT2D eigenvalue weighted by Gasteiger charge is -2.19. The summed E-state index contributed by atoms with van der Waals surface area (Å²) < 4.78 is 6.50. The van der Waals surface area contributed by atoms with Gasteiger partial charge in [-0.15, -0.1) is 0 Å². The van der Waals surface area contributed by atoms with E-state index in [0.29, 0.717) is 0 Å². The third-order valence-electron chi connectivity index (χ3n) is 3.82. The van der Waals surface area contributed by atoms with Gasteiger partial charge in [0.15, 0.2) is 0 Å². The maximum absolute atomic E-state index is 12.0. The number of nitrogen functional groups attached to an aromatic ring is 1. The van der Waals surface area contributed by atoms with Crippen molar-refractivity contribution in [3.63, 3.8) is 0 Å². The van der Waals surface area contributed by atoms with Crippen LogP contribution in [0.25, 0.3) is 0 Å². The molecule has 1 saturated heterocycles. The Bertz CT molecular complexity index is 593. The molecular weight excluding hydrogens is 310 g/mol. The predicted molar refractivity (Wildman–Crippen MR) is 77.3 cm³/mol. The van der Waals surface area contributed by atoms with Crippen molar-refractivity contribution < 1.29 is 30.3 Å². The van der Waals surface area contributed by atoms with Crippen molar-refractivity contribution in [1.29, 1.82) is 0 Å². The first kappa shape index (κ1) is 17.8. The van der Waals surface area contributed by atoms with E-state index in [2.05, 4.69) is 4.98 Å². The summed E-state index contributed by atoms with van der Waals surface area (Å²) in [5, 5.41) is 46.8. The molecule has 10 heteroatoms. The number of aliphatic hydroxyl groups excluding tert-OH is 5. The molecule has 10 nitrogen and oxygen atoms in total. The van der Waals surface area contributed by atoms with Crippen molar-refractivity contribution in [1.82, 2.24) is 9.55 Å². The zero-order valence-electron chi connectivity index (χ0n) is 12.3. The molecule has 3 unspecified atom stereocenters. The Hall–Kier alpha value is -1.56. The van der Waals surface area contributed by atoms with Crippen LogP contribution < -0.4 is 11.4 Å². The second-order valence-corrected chi connectivity index (χ2v) is 5.48. The highest BCUT2D eigenvalue weighted by Gasteiger charge is 2.35. The number of aromatic nitrogens is 2. The molecular formula is C13H21N3O7. The summed E-state index contributed by atoms with van der Waals surface area (Å²) in [5.74, 6) is -0.104. The van der Waals surface area contributed by atoms with E-state index in [1.807, 2.05) is 0 Å². The number of rotatable bonds is 6. The van der Waals surface area contributed by atoms with Crippen LogP contribution in [0.5, 0.6) is 0 Å². The van der Waals surface area contributed by atoms with E-state index in [4.69, 9.17) is 20.7 Å². The number of anilines is 1. The number of aliphatic hydroxyl groups is 5. The van der Waals surface area contributed by atoms with Crippen molar-refractivity contribution in [2.24, 2.45) is 0 Å². The summed E-state index contributed by atoms with van der Waals surface area (Å²) in [6.07, 6.45) is -3.86. The van der Waals surface area contributed by atoms with Gasteiger partial charge in [-0.1, -0.05) is 0 Å². The van der Waals surface area contributed by atoms with Gasteiger partial charge >= 0.3 is 5.69 Å². The minimum atomic E-state index is -1.35. The summed E-state index contributed by atoms with van der Waals surface area (Å²) in [6.45, 7) is -1.01. The molecule has 0 spiro atoms. The van der Waals surface area contributed by atoms with Gasteiger partial charge in [-0.3, -0.25) is 4.57 Å². The van der Waals surface area contributed by atoms with Gasteiger partial charge in [0.1, 0.15) is 24.3 Å². The third-order valence-corrected chi connectivity index (χ3v) is 3.82. The van der Waals surface area contributed by atoms with Crippen molar-refractivity contribution in [2.75, 3.05) is 18.9 Å². The standard InChI is InChI=1S/C13H21N3O7/c14-12-6(1-7(19)9(21)4-17)3-16(13(22)15-12)11-2-8(20)10(5-18)23-11/h3,7-11,17-21H,1-2,4-5H2,(H2,14,15,22)/t7-,8?,9+,10?,11?/m1/s1. The molecule has 1 aliphatic rings. The van der Waals surface area contributed by atoms with E-state index in [1.54, 1.807) is 0 Å². The Balaban J connectivity index is 2.25. The fourth-order valence-corrected chi connectivity index (χ4v) is 2.42. The Morgan fingerprint density at radius 3 is 2.65 bits per heavy atom. The van der Waals surface area contributed by atoms with E-state index in [0.717, 1.165) is 4.57 Å². The molecule has 0 bridgehead atoms. The second kappa shape index (κ2) is 7.34. The van der Waals surface area contributed by atoms with Crippen LogP contribution in [0.15, 0.2) is 11.0 Å². The minimum absolute atomic E-state index is 0.0952. The largest absolute Gasteiger partial charge is 0.394 e. The zero-order valence-corrected chi connectivity index (χ0v) is 12.3.